The van der Waals surface area contributed by atoms with Crippen molar-refractivity contribution in [2.24, 2.45) is 0 Å². The van der Waals surface area contributed by atoms with Crippen LogP contribution in [-0.4, -0.2) is 13.0 Å². The molecule has 0 radical (unpaired) electrons. The van der Waals surface area contributed by atoms with Crippen LogP contribution in [-0.2, 0) is 0 Å². The second-order valence-corrected chi connectivity index (χ2v) is 6.95. The molecule has 0 fully saturated rings. The summed E-state index contributed by atoms with van der Waals surface area (Å²) in [5.41, 5.74) is 4.02. The van der Waals surface area contributed by atoms with E-state index < -0.39 is 0 Å². The Kier molecular flexibility index (Phi) is 5.03. The van der Waals surface area contributed by atoms with E-state index in [4.69, 9.17) is 9.15 Å². The minimum absolute atomic E-state index is 0.140. The zero-order valence-electron chi connectivity index (χ0n) is 15.9. The highest BCUT2D eigenvalue weighted by molar-refractivity contribution is 5.96. The van der Waals surface area contributed by atoms with Crippen LogP contribution in [0.15, 0.2) is 46.9 Å². The van der Waals surface area contributed by atoms with Crippen LogP contribution in [0.2, 0.25) is 0 Å². The third kappa shape index (κ3) is 3.45. The Morgan fingerprint density at radius 1 is 1.08 bits per heavy atom. The molecule has 3 aromatic rings. The summed E-state index contributed by atoms with van der Waals surface area (Å²) >= 11 is 0. The summed E-state index contributed by atoms with van der Waals surface area (Å²) < 4.78 is 11.2. The van der Waals surface area contributed by atoms with Gasteiger partial charge < -0.3 is 14.5 Å². The van der Waals surface area contributed by atoms with Crippen LogP contribution in [0, 0.1) is 6.92 Å². The van der Waals surface area contributed by atoms with E-state index in [9.17, 15) is 4.79 Å². The van der Waals surface area contributed by atoms with E-state index in [-0.39, 0.29) is 11.9 Å². The molecule has 0 aliphatic heterocycles. The topological polar surface area (TPSA) is 51.5 Å². The molecule has 1 heterocycles. The molecule has 0 saturated carbocycles. The fourth-order valence-corrected chi connectivity index (χ4v) is 3.25. The van der Waals surface area contributed by atoms with E-state index in [1.165, 1.54) is 0 Å². The molecule has 1 aromatic heterocycles. The predicted molar refractivity (Wildman–Crippen MR) is 104 cm³/mol. The molecule has 0 aliphatic carbocycles. The maximum Gasteiger partial charge on any atom is 0.287 e. The molecule has 3 rings (SSSR count). The van der Waals surface area contributed by atoms with Crippen LogP contribution >= 0.6 is 0 Å². The molecule has 2 aromatic carbocycles. The average molecular weight is 351 g/mol. The third-order valence-corrected chi connectivity index (χ3v) is 4.70. The maximum atomic E-state index is 12.6. The van der Waals surface area contributed by atoms with Gasteiger partial charge in [0, 0.05) is 5.39 Å². The molecular formula is C22H25NO3. The van der Waals surface area contributed by atoms with Crippen LogP contribution in [0.25, 0.3) is 11.0 Å². The first-order valence-corrected chi connectivity index (χ1v) is 8.88. The molecule has 1 atom stereocenters. The quantitative estimate of drug-likeness (QED) is 0.673. The fraction of sp³-hybridized carbons (Fsp3) is 0.318. The normalized spacial score (nSPS) is 12.4. The lowest BCUT2D eigenvalue weighted by molar-refractivity contribution is 0.0914. The van der Waals surface area contributed by atoms with Gasteiger partial charge in [0.1, 0.15) is 11.3 Å². The van der Waals surface area contributed by atoms with Gasteiger partial charge >= 0.3 is 0 Å². The van der Waals surface area contributed by atoms with Crippen LogP contribution in [0.3, 0.4) is 0 Å². The molecule has 26 heavy (non-hydrogen) atoms. The number of hydrogen-bond donors (Lipinski definition) is 1. The van der Waals surface area contributed by atoms with Crippen molar-refractivity contribution < 1.29 is 13.9 Å². The van der Waals surface area contributed by atoms with Gasteiger partial charge in [0.15, 0.2) is 5.76 Å². The van der Waals surface area contributed by atoms with E-state index in [0.29, 0.717) is 17.3 Å². The Morgan fingerprint density at radius 2 is 1.81 bits per heavy atom. The minimum Gasteiger partial charge on any atom is -0.496 e. The number of fused-ring (bicyclic) bond motifs is 1. The van der Waals surface area contributed by atoms with Crippen LogP contribution < -0.4 is 10.1 Å². The first kappa shape index (κ1) is 18.1. The Morgan fingerprint density at radius 3 is 2.46 bits per heavy atom. The first-order chi connectivity index (χ1) is 12.4. The SMILES string of the molecule is COc1cc(C)c([C@@H](C)NC(=O)c2cc3ccccc3o2)cc1C(C)C. The number of amides is 1. The van der Waals surface area contributed by atoms with Crippen LogP contribution in [0.5, 0.6) is 5.75 Å². The molecule has 0 aliphatic rings. The summed E-state index contributed by atoms with van der Waals surface area (Å²) in [6.45, 7) is 8.29. The lowest BCUT2D eigenvalue weighted by atomic mass is 9.93. The van der Waals surface area contributed by atoms with Gasteiger partial charge in [-0.1, -0.05) is 32.0 Å². The standard InChI is InChI=1S/C22H25NO3/c1-13(2)17-12-18(14(3)10-20(17)25-5)15(4)23-22(24)21-11-16-8-6-7-9-19(16)26-21/h6-13,15H,1-5H3,(H,23,24)/t15-/m1/s1. The number of furan rings is 1. The number of carbonyl (C=O) groups excluding carboxylic acids is 1. The second kappa shape index (κ2) is 7.24. The van der Waals surface area contributed by atoms with E-state index in [1.54, 1.807) is 13.2 Å². The highest BCUT2D eigenvalue weighted by atomic mass is 16.5. The Hall–Kier alpha value is -2.75. The summed E-state index contributed by atoms with van der Waals surface area (Å²) in [6.07, 6.45) is 0. The molecule has 136 valence electrons. The maximum absolute atomic E-state index is 12.6. The largest absolute Gasteiger partial charge is 0.496 e. The molecule has 4 heteroatoms. The van der Waals surface area contributed by atoms with E-state index in [2.05, 4.69) is 25.2 Å². The Labute approximate surface area is 154 Å². The predicted octanol–water partition coefficient (Wildman–Crippen LogP) is 5.36. The van der Waals surface area contributed by atoms with Gasteiger partial charge in [-0.3, -0.25) is 4.79 Å². The summed E-state index contributed by atoms with van der Waals surface area (Å²) in [7, 11) is 1.69. The van der Waals surface area contributed by atoms with Crippen LogP contribution in [0.1, 0.15) is 60.0 Å². The van der Waals surface area contributed by atoms with Crippen molar-refractivity contribution in [1.29, 1.82) is 0 Å². The van der Waals surface area contributed by atoms with Gasteiger partial charge in [0.2, 0.25) is 0 Å². The zero-order chi connectivity index (χ0) is 18.8. The number of para-hydroxylation sites is 1. The molecule has 1 amide bonds. The minimum atomic E-state index is -0.213. The number of carbonyl (C=O) groups is 1. The Bertz CT molecular complexity index is 907. The first-order valence-electron chi connectivity index (χ1n) is 8.88. The summed E-state index contributed by atoms with van der Waals surface area (Å²) in [5.74, 6) is 1.34. The average Bonchev–Trinajstić information content (AvgIpc) is 3.05. The van der Waals surface area contributed by atoms with Crippen molar-refractivity contribution in [3.8, 4) is 5.75 Å². The molecule has 4 nitrogen and oxygen atoms in total. The molecule has 0 saturated heterocycles. The van der Waals surface area contributed by atoms with Crippen molar-refractivity contribution in [3.05, 3.63) is 64.9 Å². The van der Waals surface area contributed by atoms with Gasteiger partial charge in [-0.15, -0.1) is 0 Å². The monoisotopic (exact) mass is 351 g/mol. The fourth-order valence-electron chi connectivity index (χ4n) is 3.25. The molecular weight excluding hydrogens is 326 g/mol. The summed E-state index contributed by atoms with van der Waals surface area (Å²) in [4.78, 5) is 12.6. The Balaban J connectivity index is 1.86. The smallest absolute Gasteiger partial charge is 0.287 e. The zero-order valence-corrected chi connectivity index (χ0v) is 15.9. The molecule has 0 unspecified atom stereocenters. The van der Waals surface area contributed by atoms with Crippen molar-refractivity contribution in [2.75, 3.05) is 7.11 Å². The van der Waals surface area contributed by atoms with Gasteiger partial charge in [0.25, 0.3) is 5.91 Å². The number of hydrogen-bond acceptors (Lipinski definition) is 3. The molecule has 0 bridgehead atoms. The molecule has 0 spiro atoms. The number of rotatable bonds is 5. The summed E-state index contributed by atoms with van der Waals surface area (Å²) in [5, 5.41) is 3.97. The summed E-state index contributed by atoms with van der Waals surface area (Å²) in [6, 6.07) is 13.4. The number of methoxy groups -OCH3 is 1. The lowest BCUT2D eigenvalue weighted by Crippen LogP contribution is -2.27. The van der Waals surface area contributed by atoms with E-state index >= 15 is 0 Å². The van der Waals surface area contributed by atoms with Crippen molar-refractivity contribution in [3.63, 3.8) is 0 Å². The second-order valence-electron chi connectivity index (χ2n) is 6.95. The van der Waals surface area contributed by atoms with Gasteiger partial charge in [-0.25, -0.2) is 0 Å². The van der Waals surface area contributed by atoms with Crippen LogP contribution in [0.4, 0.5) is 0 Å². The number of aryl methyl sites for hydroxylation is 1. The van der Waals surface area contributed by atoms with Gasteiger partial charge in [-0.05, 0) is 60.7 Å². The lowest BCUT2D eigenvalue weighted by Gasteiger charge is -2.20. The van der Waals surface area contributed by atoms with Gasteiger partial charge in [0.05, 0.1) is 13.2 Å². The number of nitrogens with one attached hydrogen (secondary N) is 1. The van der Waals surface area contributed by atoms with Crippen molar-refractivity contribution in [2.45, 2.75) is 39.7 Å². The van der Waals surface area contributed by atoms with Crippen molar-refractivity contribution in [1.82, 2.24) is 5.32 Å². The van der Waals surface area contributed by atoms with E-state index in [0.717, 1.165) is 27.8 Å². The van der Waals surface area contributed by atoms with E-state index in [1.807, 2.05) is 44.2 Å². The van der Waals surface area contributed by atoms with Gasteiger partial charge in [-0.2, -0.15) is 0 Å². The highest BCUT2D eigenvalue weighted by Crippen LogP contribution is 2.32. The number of benzene rings is 2. The highest BCUT2D eigenvalue weighted by Gasteiger charge is 2.19. The molecule has 1 N–H and O–H groups in total. The number of ether oxygens (including phenoxy) is 1. The van der Waals surface area contributed by atoms with Crippen molar-refractivity contribution >= 4 is 16.9 Å². The third-order valence-electron chi connectivity index (χ3n) is 4.70.